The van der Waals surface area contributed by atoms with E-state index in [-0.39, 0.29) is 23.3 Å². The summed E-state index contributed by atoms with van der Waals surface area (Å²) in [5, 5.41) is 23.9. The maximum Gasteiger partial charge on any atom is 0.245 e. The molecular weight excluding hydrogens is 430 g/mol. The second-order valence-electron chi connectivity index (χ2n) is 9.67. The summed E-state index contributed by atoms with van der Waals surface area (Å²) in [5.74, 6) is 0.185. The van der Waals surface area contributed by atoms with Crippen molar-refractivity contribution >= 4 is 17.2 Å². The van der Waals surface area contributed by atoms with Gasteiger partial charge in [-0.1, -0.05) is 32.0 Å². The van der Waals surface area contributed by atoms with E-state index in [4.69, 9.17) is 4.84 Å². The number of nitrogens with one attached hydrogen (secondary N) is 2. The first-order chi connectivity index (χ1) is 16.2. The number of carbonyl (C=O) groups is 1. The van der Waals surface area contributed by atoms with E-state index in [0.29, 0.717) is 35.0 Å². The zero-order valence-corrected chi connectivity index (χ0v) is 20.6. The van der Waals surface area contributed by atoms with Crippen molar-refractivity contribution in [3.8, 4) is 11.5 Å². The summed E-state index contributed by atoms with van der Waals surface area (Å²) in [4.78, 5) is 21.2. The van der Waals surface area contributed by atoms with Gasteiger partial charge in [0, 0.05) is 37.3 Å². The van der Waals surface area contributed by atoms with Crippen molar-refractivity contribution in [1.29, 1.82) is 0 Å². The number of fused-ring (bicyclic) bond motifs is 1. The van der Waals surface area contributed by atoms with E-state index in [0.717, 1.165) is 25.1 Å². The number of hydrogen-bond donors (Lipinski definition) is 4. The second-order valence-corrected chi connectivity index (χ2v) is 9.67. The highest BCUT2D eigenvalue weighted by atomic mass is 16.7. The summed E-state index contributed by atoms with van der Waals surface area (Å²) in [7, 11) is 0. The third-order valence-corrected chi connectivity index (χ3v) is 6.73. The van der Waals surface area contributed by atoms with Crippen LogP contribution in [0.25, 0.3) is 11.3 Å². The molecule has 0 fully saturated rings. The Morgan fingerprint density at radius 2 is 1.91 bits per heavy atom. The SMILES string of the molecule is CCNC(=O)C1NOC(c2cc(C(C)C)c(O)cc2O)=C1c1ccc2c(c1)CCN(C(C)C)C2. The topological polar surface area (TPSA) is 94.1 Å². The number of likely N-dealkylation sites (N-methyl/N-ethyl adjacent to an activating group) is 1. The fourth-order valence-electron chi connectivity index (χ4n) is 4.74. The fraction of sp³-hybridized carbons (Fsp3) is 0.444. The Balaban J connectivity index is 1.84. The van der Waals surface area contributed by atoms with Crippen LogP contribution >= 0.6 is 0 Å². The summed E-state index contributed by atoms with van der Waals surface area (Å²) >= 11 is 0. The van der Waals surface area contributed by atoms with E-state index in [2.05, 4.69) is 41.7 Å². The van der Waals surface area contributed by atoms with E-state index >= 15 is 0 Å². The molecule has 2 heterocycles. The van der Waals surface area contributed by atoms with E-state index in [9.17, 15) is 15.0 Å². The molecule has 2 aromatic carbocycles. The predicted molar refractivity (Wildman–Crippen MR) is 133 cm³/mol. The lowest BCUT2D eigenvalue weighted by molar-refractivity contribution is -0.123. The molecule has 1 amide bonds. The molecule has 2 aliphatic heterocycles. The number of phenols is 2. The van der Waals surface area contributed by atoms with Gasteiger partial charge in [-0.25, -0.2) is 0 Å². The van der Waals surface area contributed by atoms with Crippen LogP contribution in [0.2, 0.25) is 0 Å². The number of aromatic hydroxyl groups is 2. The molecule has 0 bridgehead atoms. The first-order valence-corrected chi connectivity index (χ1v) is 12.1. The van der Waals surface area contributed by atoms with Crippen molar-refractivity contribution in [2.24, 2.45) is 0 Å². The highest BCUT2D eigenvalue weighted by molar-refractivity contribution is 6.05. The lowest BCUT2D eigenvalue weighted by Crippen LogP contribution is -2.41. The van der Waals surface area contributed by atoms with E-state index in [1.807, 2.05) is 26.8 Å². The molecule has 0 aromatic heterocycles. The molecule has 182 valence electrons. The van der Waals surface area contributed by atoms with Gasteiger partial charge in [-0.3, -0.25) is 9.69 Å². The number of nitrogens with zero attached hydrogens (tertiary/aromatic N) is 1. The van der Waals surface area contributed by atoms with E-state index in [1.165, 1.54) is 17.2 Å². The quantitative estimate of drug-likeness (QED) is 0.517. The number of phenolic OH excluding ortho intramolecular Hbond substituents is 2. The van der Waals surface area contributed by atoms with Gasteiger partial charge in [0.05, 0.1) is 5.56 Å². The van der Waals surface area contributed by atoms with Crippen LogP contribution in [-0.2, 0) is 22.6 Å². The van der Waals surface area contributed by atoms with Crippen LogP contribution in [0.5, 0.6) is 11.5 Å². The average Bonchev–Trinajstić information content (AvgIpc) is 3.23. The van der Waals surface area contributed by atoms with Crippen molar-refractivity contribution in [3.05, 3.63) is 58.1 Å². The normalized spacial score (nSPS) is 18.4. The van der Waals surface area contributed by atoms with Gasteiger partial charge in [0.1, 0.15) is 11.5 Å². The summed E-state index contributed by atoms with van der Waals surface area (Å²) in [6.45, 7) is 12.6. The summed E-state index contributed by atoms with van der Waals surface area (Å²) in [5.41, 5.74) is 8.12. The molecule has 2 aromatic rings. The monoisotopic (exact) mass is 465 g/mol. The molecule has 2 aliphatic rings. The maximum atomic E-state index is 12.9. The molecule has 0 saturated heterocycles. The third-order valence-electron chi connectivity index (χ3n) is 6.73. The van der Waals surface area contributed by atoms with Crippen LogP contribution in [0.4, 0.5) is 0 Å². The molecule has 4 rings (SSSR count). The Kier molecular flexibility index (Phi) is 6.86. The molecule has 1 atom stereocenters. The molecule has 0 radical (unpaired) electrons. The average molecular weight is 466 g/mol. The molecule has 0 spiro atoms. The van der Waals surface area contributed by atoms with Gasteiger partial charge in [-0.2, -0.15) is 0 Å². The van der Waals surface area contributed by atoms with Crippen molar-refractivity contribution in [3.63, 3.8) is 0 Å². The Morgan fingerprint density at radius 1 is 1.15 bits per heavy atom. The summed E-state index contributed by atoms with van der Waals surface area (Å²) in [6, 6.07) is 9.15. The zero-order valence-electron chi connectivity index (χ0n) is 20.6. The van der Waals surface area contributed by atoms with Crippen molar-refractivity contribution in [1.82, 2.24) is 15.7 Å². The van der Waals surface area contributed by atoms with Crippen molar-refractivity contribution in [2.75, 3.05) is 13.1 Å². The van der Waals surface area contributed by atoms with Crippen molar-refractivity contribution in [2.45, 2.75) is 65.6 Å². The number of hydroxylamine groups is 1. The Labute approximate surface area is 201 Å². The zero-order chi connectivity index (χ0) is 24.6. The largest absolute Gasteiger partial charge is 0.508 e. The number of amides is 1. The Bertz CT molecular complexity index is 1120. The van der Waals surface area contributed by atoms with Gasteiger partial charge in [0.15, 0.2) is 11.8 Å². The van der Waals surface area contributed by atoms with Crippen molar-refractivity contribution < 1.29 is 19.8 Å². The van der Waals surface area contributed by atoms with Crippen LogP contribution in [0.3, 0.4) is 0 Å². The minimum absolute atomic E-state index is 0.0353. The molecule has 7 heteroatoms. The molecule has 7 nitrogen and oxygen atoms in total. The van der Waals surface area contributed by atoms with Gasteiger partial charge < -0.3 is 20.4 Å². The van der Waals surface area contributed by atoms with Crippen LogP contribution < -0.4 is 10.8 Å². The number of hydrogen-bond acceptors (Lipinski definition) is 6. The maximum absolute atomic E-state index is 12.9. The van der Waals surface area contributed by atoms with Crippen LogP contribution in [-0.4, -0.2) is 46.2 Å². The molecule has 1 unspecified atom stereocenters. The first kappa shape index (κ1) is 24.1. The molecular formula is C27H35N3O4. The Morgan fingerprint density at radius 3 is 2.59 bits per heavy atom. The van der Waals surface area contributed by atoms with Gasteiger partial charge in [-0.05, 0) is 61.4 Å². The standard InChI is InChI=1S/C27H35N3O4/c1-6-28-27(33)25-24(18-7-8-19-14-30(16(4)5)10-9-17(19)11-18)26(34-29-25)21-12-20(15(2)3)22(31)13-23(21)32/h7-8,11-13,15-16,25,29,31-32H,6,9-10,14H2,1-5H3,(H,28,33). The molecule has 4 N–H and O–H groups in total. The summed E-state index contributed by atoms with van der Waals surface area (Å²) in [6.07, 6.45) is 0.937. The van der Waals surface area contributed by atoms with E-state index < -0.39 is 6.04 Å². The second kappa shape index (κ2) is 9.68. The molecule has 0 saturated carbocycles. The van der Waals surface area contributed by atoms with Gasteiger partial charge in [0.25, 0.3) is 0 Å². The third kappa shape index (κ3) is 4.50. The number of rotatable bonds is 6. The van der Waals surface area contributed by atoms with Crippen LogP contribution in [0.1, 0.15) is 68.4 Å². The smallest absolute Gasteiger partial charge is 0.245 e. The Hall–Kier alpha value is -3.03. The number of carbonyl (C=O) groups excluding carboxylic acids is 1. The van der Waals surface area contributed by atoms with Gasteiger partial charge >= 0.3 is 0 Å². The van der Waals surface area contributed by atoms with Gasteiger partial charge in [0.2, 0.25) is 5.91 Å². The molecule has 34 heavy (non-hydrogen) atoms. The lowest BCUT2D eigenvalue weighted by Gasteiger charge is -2.32. The minimum Gasteiger partial charge on any atom is -0.508 e. The first-order valence-electron chi connectivity index (χ1n) is 12.1. The number of benzene rings is 2. The highest BCUT2D eigenvalue weighted by Gasteiger charge is 2.36. The highest BCUT2D eigenvalue weighted by Crippen LogP contribution is 2.42. The van der Waals surface area contributed by atoms with E-state index in [1.54, 1.807) is 6.07 Å². The van der Waals surface area contributed by atoms with Crippen LogP contribution in [0.15, 0.2) is 30.3 Å². The molecule has 0 aliphatic carbocycles. The minimum atomic E-state index is -0.723. The predicted octanol–water partition coefficient (Wildman–Crippen LogP) is 3.90. The summed E-state index contributed by atoms with van der Waals surface area (Å²) < 4.78 is 0. The van der Waals surface area contributed by atoms with Gasteiger partial charge in [-0.15, -0.1) is 5.48 Å². The lowest BCUT2D eigenvalue weighted by atomic mass is 9.89. The fourth-order valence-corrected chi connectivity index (χ4v) is 4.74. The van der Waals surface area contributed by atoms with Crippen LogP contribution in [0, 0.1) is 0 Å².